The molecule has 0 N–H and O–H groups in total. The number of aryl methyl sites for hydroxylation is 1. The van der Waals surface area contributed by atoms with Gasteiger partial charge in [0.15, 0.2) is 0 Å². The highest BCUT2D eigenvalue weighted by Crippen LogP contribution is 2.21. The summed E-state index contributed by atoms with van der Waals surface area (Å²) >= 11 is 1.47. The largest absolute Gasteiger partial charge is 0.373 e. The molecule has 2 atom stereocenters. The number of ether oxygens (including phenoxy) is 1. The SMILES string of the molecule is Cc1ccc(C(=O)N2CCN(S(=O)(=O)N3CC(C)OC(C)C3)CC2)s1. The molecule has 2 aliphatic heterocycles. The number of carbonyl (C=O) groups is 1. The van der Waals surface area contributed by atoms with E-state index in [1.165, 1.54) is 19.9 Å². The third-order valence-corrected chi connectivity index (χ3v) is 7.47. The first-order valence-corrected chi connectivity index (χ1v) is 10.7. The quantitative estimate of drug-likeness (QED) is 0.781. The molecule has 3 rings (SSSR count). The Kier molecular flexibility index (Phi) is 5.50. The van der Waals surface area contributed by atoms with Crippen LogP contribution in [0.2, 0.25) is 0 Å². The van der Waals surface area contributed by atoms with Crippen LogP contribution in [0.3, 0.4) is 0 Å². The second kappa shape index (κ2) is 7.32. The Hall–Kier alpha value is -1.00. The second-order valence-corrected chi connectivity index (χ2v) is 9.90. The molecular formula is C16H25N3O4S2. The van der Waals surface area contributed by atoms with Crippen molar-refractivity contribution in [3.05, 3.63) is 21.9 Å². The zero-order valence-electron chi connectivity index (χ0n) is 14.8. The summed E-state index contributed by atoms with van der Waals surface area (Å²) in [4.78, 5) is 16.0. The van der Waals surface area contributed by atoms with Crippen molar-refractivity contribution in [1.29, 1.82) is 0 Å². The van der Waals surface area contributed by atoms with Crippen molar-refractivity contribution in [1.82, 2.24) is 13.5 Å². The summed E-state index contributed by atoms with van der Waals surface area (Å²) in [6.45, 7) is 8.00. The first-order valence-electron chi connectivity index (χ1n) is 8.54. The van der Waals surface area contributed by atoms with Crippen LogP contribution in [0, 0.1) is 6.92 Å². The van der Waals surface area contributed by atoms with Gasteiger partial charge in [-0.25, -0.2) is 0 Å². The molecule has 0 aliphatic carbocycles. The summed E-state index contributed by atoms with van der Waals surface area (Å²) < 4.78 is 34.4. The molecule has 1 aromatic rings. The van der Waals surface area contributed by atoms with Gasteiger partial charge in [-0.2, -0.15) is 17.0 Å². The maximum absolute atomic E-state index is 12.9. The zero-order chi connectivity index (χ0) is 18.2. The van der Waals surface area contributed by atoms with Gasteiger partial charge in [0.05, 0.1) is 17.1 Å². The van der Waals surface area contributed by atoms with Gasteiger partial charge in [-0.15, -0.1) is 11.3 Å². The van der Waals surface area contributed by atoms with E-state index in [2.05, 4.69) is 0 Å². The average Bonchev–Trinajstić information content (AvgIpc) is 3.00. The van der Waals surface area contributed by atoms with E-state index in [0.717, 1.165) is 4.88 Å². The van der Waals surface area contributed by atoms with Crippen LogP contribution in [0.4, 0.5) is 0 Å². The molecule has 3 heterocycles. The van der Waals surface area contributed by atoms with E-state index in [4.69, 9.17) is 4.74 Å². The summed E-state index contributed by atoms with van der Waals surface area (Å²) in [5.41, 5.74) is 0. The van der Waals surface area contributed by atoms with Gasteiger partial charge in [0, 0.05) is 44.1 Å². The normalized spacial score (nSPS) is 26.8. The van der Waals surface area contributed by atoms with Crippen LogP contribution in [0.15, 0.2) is 12.1 Å². The number of nitrogens with zero attached hydrogens (tertiary/aromatic N) is 3. The summed E-state index contributed by atoms with van der Waals surface area (Å²) in [6, 6.07) is 3.77. The maximum atomic E-state index is 12.9. The van der Waals surface area contributed by atoms with Crippen molar-refractivity contribution >= 4 is 27.5 Å². The topological polar surface area (TPSA) is 70.2 Å². The van der Waals surface area contributed by atoms with Gasteiger partial charge in [-0.1, -0.05) is 0 Å². The minimum Gasteiger partial charge on any atom is -0.373 e. The Morgan fingerprint density at radius 1 is 1.08 bits per heavy atom. The number of rotatable bonds is 3. The molecule has 25 heavy (non-hydrogen) atoms. The van der Waals surface area contributed by atoms with Gasteiger partial charge < -0.3 is 9.64 Å². The Labute approximate surface area is 153 Å². The minimum atomic E-state index is -3.51. The molecule has 2 saturated heterocycles. The molecule has 0 radical (unpaired) electrons. The van der Waals surface area contributed by atoms with Crippen LogP contribution in [0.1, 0.15) is 28.4 Å². The molecule has 9 heteroatoms. The van der Waals surface area contributed by atoms with Gasteiger partial charge in [-0.3, -0.25) is 4.79 Å². The van der Waals surface area contributed by atoms with Crippen molar-refractivity contribution in [3.63, 3.8) is 0 Å². The highest BCUT2D eigenvalue weighted by atomic mass is 32.2. The number of hydrogen-bond acceptors (Lipinski definition) is 5. The summed E-state index contributed by atoms with van der Waals surface area (Å²) in [5, 5.41) is 0. The predicted octanol–water partition coefficient (Wildman–Crippen LogP) is 1.17. The molecule has 0 saturated carbocycles. The monoisotopic (exact) mass is 387 g/mol. The van der Waals surface area contributed by atoms with Crippen LogP contribution in [0.5, 0.6) is 0 Å². The zero-order valence-corrected chi connectivity index (χ0v) is 16.5. The molecule has 7 nitrogen and oxygen atoms in total. The lowest BCUT2D eigenvalue weighted by molar-refractivity contribution is -0.0457. The van der Waals surface area contributed by atoms with E-state index < -0.39 is 10.2 Å². The number of hydrogen-bond donors (Lipinski definition) is 0. The lowest BCUT2D eigenvalue weighted by atomic mass is 10.3. The van der Waals surface area contributed by atoms with Crippen molar-refractivity contribution in [2.24, 2.45) is 0 Å². The van der Waals surface area contributed by atoms with E-state index in [1.807, 2.05) is 32.9 Å². The Morgan fingerprint density at radius 3 is 2.20 bits per heavy atom. The molecule has 2 aliphatic rings. The van der Waals surface area contributed by atoms with Crippen LogP contribution in [-0.2, 0) is 14.9 Å². The Balaban J connectivity index is 1.62. The van der Waals surface area contributed by atoms with Gasteiger partial charge in [0.1, 0.15) is 0 Å². The van der Waals surface area contributed by atoms with Crippen LogP contribution < -0.4 is 0 Å². The number of thiophene rings is 1. The van der Waals surface area contributed by atoms with E-state index in [9.17, 15) is 13.2 Å². The Morgan fingerprint density at radius 2 is 1.68 bits per heavy atom. The van der Waals surface area contributed by atoms with Gasteiger partial charge in [0.2, 0.25) is 0 Å². The van der Waals surface area contributed by atoms with Gasteiger partial charge in [-0.05, 0) is 32.9 Å². The van der Waals surface area contributed by atoms with Crippen LogP contribution in [0.25, 0.3) is 0 Å². The number of carbonyl (C=O) groups excluding carboxylic acids is 1. The first kappa shape index (κ1) is 18.8. The van der Waals surface area contributed by atoms with Gasteiger partial charge in [0.25, 0.3) is 16.1 Å². The molecule has 2 unspecified atom stereocenters. The smallest absolute Gasteiger partial charge is 0.282 e. The maximum Gasteiger partial charge on any atom is 0.282 e. The molecule has 1 aromatic heterocycles. The molecule has 140 valence electrons. The second-order valence-electron chi connectivity index (χ2n) is 6.68. The highest BCUT2D eigenvalue weighted by Gasteiger charge is 2.37. The molecule has 0 bridgehead atoms. The van der Waals surface area contributed by atoms with Crippen molar-refractivity contribution in [3.8, 4) is 0 Å². The summed E-state index contributed by atoms with van der Waals surface area (Å²) in [5.74, 6) is -0.0104. The first-order chi connectivity index (χ1) is 11.8. The molecule has 2 fully saturated rings. The Bertz CT molecular complexity index is 715. The fourth-order valence-electron chi connectivity index (χ4n) is 3.31. The molecule has 0 aromatic carbocycles. The van der Waals surface area contributed by atoms with Crippen molar-refractivity contribution < 1.29 is 17.9 Å². The van der Waals surface area contributed by atoms with Crippen LogP contribution >= 0.6 is 11.3 Å². The van der Waals surface area contributed by atoms with Crippen LogP contribution in [-0.4, -0.2) is 79.3 Å². The van der Waals surface area contributed by atoms with Crippen molar-refractivity contribution in [2.75, 3.05) is 39.3 Å². The fourth-order valence-corrected chi connectivity index (χ4v) is 5.89. The predicted molar refractivity (Wildman–Crippen MR) is 97.0 cm³/mol. The average molecular weight is 388 g/mol. The standard InChI is InChI=1S/C16H25N3O4S2/c1-12-10-19(11-13(2)23-12)25(21,22)18-8-6-17(7-9-18)16(20)15-5-4-14(3)24-15/h4-5,12-13H,6-11H2,1-3H3. The fraction of sp³-hybridized carbons (Fsp3) is 0.688. The van der Waals surface area contributed by atoms with E-state index in [-0.39, 0.29) is 18.1 Å². The summed E-state index contributed by atoms with van der Waals surface area (Å²) in [6.07, 6.45) is -0.216. The molecule has 1 amide bonds. The minimum absolute atomic E-state index is 0.0104. The number of piperazine rings is 1. The number of amides is 1. The lowest BCUT2D eigenvalue weighted by Crippen LogP contribution is -2.57. The third kappa shape index (κ3) is 4.06. The van der Waals surface area contributed by atoms with E-state index in [0.29, 0.717) is 44.1 Å². The summed E-state index contributed by atoms with van der Waals surface area (Å²) in [7, 11) is -3.51. The third-order valence-electron chi connectivity index (χ3n) is 4.52. The highest BCUT2D eigenvalue weighted by molar-refractivity contribution is 7.86. The van der Waals surface area contributed by atoms with E-state index in [1.54, 1.807) is 4.90 Å². The van der Waals surface area contributed by atoms with E-state index >= 15 is 0 Å². The molecular weight excluding hydrogens is 362 g/mol. The molecule has 0 spiro atoms. The lowest BCUT2D eigenvalue weighted by Gasteiger charge is -2.40. The van der Waals surface area contributed by atoms with Gasteiger partial charge >= 0.3 is 0 Å². The van der Waals surface area contributed by atoms with Crippen molar-refractivity contribution in [2.45, 2.75) is 33.0 Å². The number of morpholine rings is 1.